The van der Waals surface area contributed by atoms with E-state index < -0.39 is 11.5 Å². The predicted molar refractivity (Wildman–Crippen MR) is 39.2 cm³/mol. The molecule has 1 heterocycles. The van der Waals surface area contributed by atoms with Crippen LogP contribution in [0, 0.1) is 10.1 Å². The van der Waals surface area contributed by atoms with Gasteiger partial charge in [0.1, 0.15) is 0 Å². The first-order chi connectivity index (χ1) is 5.54. The molecule has 0 aromatic carbocycles. The zero-order valence-corrected chi connectivity index (χ0v) is 6.72. The van der Waals surface area contributed by atoms with Gasteiger partial charge in [0.2, 0.25) is 0 Å². The monoisotopic (exact) mass is 176 g/mol. The van der Waals surface area contributed by atoms with E-state index in [9.17, 15) is 14.5 Å². The van der Waals surface area contributed by atoms with Crippen molar-refractivity contribution in [1.29, 1.82) is 0 Å². The molecule has 12 heavy (non-hydrogen) atoms. The second-order valence-electron chi connectivity index (χ2n) is 2.63. The minimum Gasteiger partial charge on any atom is -0.238 e. The first-order valence-electron chi connectivity index (χ1n) is 3.43. The van der Waals surface area contributed by atoms with Crippen LogP contribution in [-0.2, 0) is 0 Å². The van der Waals surface area contributed by atoms with Crippen molar-refractivity contribution in [3.8, 4) is 0 Å². The van der Waals surface area contributed by atoms with E-state index in [1.165, 1.54) is 0 Å². The van der Waals surface area contributed by atoms with Crippen molar-refractivity contribution in [1.82, 2.24) is 10.0 Å². The smallest absolute Gasteiger partial charge is 0.238 e. The third kappa shape index (κ3) is 1.29. The zero-order valence-electron chi connectivity index (χ0n) is 6.72. The quantitative estimate of drug-likeness (QED) is 0.347. The molecule has 0 aliphatic carbocycles. The number of rotatable bonds is 2. The summed E-state index contributed by atoms with van der Waals surface area (Å²) >= 11 is 0. The summed E-state index contributed by atoms with van der Waals surface area (Å²) in [5.41, 5.74) is 0. The molecule has 6 nitrogen and oxygen atoms in total. The topological polar surface area (TPSA) is 62.0 Å². The van der Waals surface area contributed by atoms with E-state index in [4.69, 9.17) is 0 Å². The molecule has 1 atom stereocenters. The highest BCUT2D eigenvalue weighted by molar-refractivity contribution is 5.54. The number of halogens is 1. The number of hydrazine groups is 1. The summed E-state index contributed by atoms with van der Waals surface area (Å²) in [7, 11) is 0. The number of hydrogen-bond donors (Lipinski definition) is 0. The number of nitrogens with zero attached hydrogens (tertiary/aromatic N) is 4. The van der Waals surface area contributed by atoms with Gasteiger partial charge in [-0.15, -0.1) is 0 Å². The minimum absolute atomic E-state index is 0.193. The molecule has 7 heteroatoms. The molecule has 0 saturated carbocycles. The highest BCUT2D eigenvalue weighted by Gasteiger charge is 2.36. The maximum Gasteiger partial charge on any atom is 0.323 e. The average Bonchev–Trinajstić information content (AvgIpc) is 2.30. The molecule has 1 aliphatic rings. The van der Waals surface area contributed by atoms with Crippen LogP contribution in [0.25, 0.3) is 0 Å². The largest absolute Gasteiger partial charge is 0.323 e. The van der Waals surface area contributed by atoms with Crippen LogP contribution in [0.15, 0.2) is 5.10 Å². The first kappa shape index (κ1) is 8.69. The average molecular weight is 176 g/mol. The standard InChI is InChI=1S/C5H9FN4O2/c1-4(2)9-5(6)8(3-7-9)10(11)12/h3-5H,1-2H3. The molecule has 1 aliphatic heterocycles. The molecule has 0 aromatic heterocycles. The number of hydrazone groups is 1. The lowest BCUT2D eigenvalue weighted by molar-refractivity contribution is -0.645. The Morgan fingerprint density at radius 2 is 2.33 bits per heavy atom. The van der Waals surface area contributed by atoms with E-state index in [1.54, 1.807) is 13.8 Å². The fourth-order valence-corrected chi connectivity index (χ4v) is 0.843. The molecule has 68 valence electrons. The van der Waals surface area contributed by atoms with Crippen molar-refractivity contribution >= 4 is 6.34 Å². The maximum atomic E-state index is 13.0. The third-order valence-corrected chi connectivity index (χ3v) is 1.46. The van der Waals surface area contributed by atoms with Gasteiger partial charge in [-0.25, -0.2) is 15.1 Å². The van der Waals surface area contributed by atoms with E-state index in [0.29, 0.717) is 5.01 Å². The second kappa shape index (κ2) is 2.92. The molecule has 0 amide bonds. The van der Waals surface area contributed by atoms with Crippen molar-refractivity contribution in [3.63, 3.8) is 0 Å². The van der Waals surface area contributed by atoms with E-state index >= 15 is 0 Å². The van der Waals surface area contributed by atoms with Crippen molar-refractivity contribution in [2.45, 2.75) is 26.3 Å². The Bertz CT molecular complexity index is 219. The van der Waals surface area contributed by atoms with E-state index in [0.717, 1.165) is 11.3 Å². The van der Waals surface area contributed by atoms with Crippen LogP contribution in [0.5, 0.6) is 0 Å². The van der Waals surface area contributed by atoms with Gasteiger partial charge in [0.25, 0.3) is 0 Å². The normalized spacial score (nSPS) is 22.5. The number of alkyl halides is 1. The van der Waals surface area contributed by atoms with E-state index in [-0.39, 0.29) is 6.04 Å². The summed E-state index contributed by atoms with van der Waals surface area (Å²) in [5.74, 6) is 0. The lowest BCUT2D eigenvalue weighted by atomic mass is 10.4. The lowest BCUT2D eigenvalue weighted by Gasteiger charge is -2.21. The number of nitro groups is 1. The molecular weight excluding hydrogens is 167 g/mol. The Morgan fingerprint density at radius 3 is 2.58 bits per heavy atom. The van der Waals surface area contributed by atoms with Crippen molar-refractivity contribution in [3.05, 3.63) is 10.1 Å². The van der Waals surface area contributed by atoms with Crippen LogP contribution in [0.2, 0.25) is 0 Å². The molecular formula is C5H9FN4O2. The van der Waals surface area contributed by atoms with Gasteiger partial charge in [0.05, 0.1) is 0 Å². The van der Waals surface area contributed by atoms with Gasteiger partial charge in [0.15, 0.2) is 11.4 Å². The molecule has 0 radical (unpaired) electrons. The highest BCUT2D eigenvalue weighted by Crippen LogP contribution is 2.16. The Morgan fingerprint density at radius 1 is 1.75 bits per heavy atom. The molecule has 0 fully saturated rings. The molecule has 0 spiro atoms. The SMILES string of the molecule is CC(C)N1N=CN([N+](=O)[O-])C1F. The molecule has 0 bridgehead atoms. The Hall–Kier alpha value is -1.40. The predicted octanol–water partition coefficient (Wildman–Crippen LogP) is 0.400. The Labute approximate surface area is 68.4 Å². The van der Waals surface area contributed by atoms with Crippen molar-refractivity contribution in [2.75, 3.05) is 0 Å². The number of hydrogen-bond acceptors (Lipinski definition) is 4. The molecule has 1 unspecified atom stereocenters. The third-order valence-electron chi connectivity index (χ3n) is 1.46. The summed E-state index contributed by atoms with van der Waals surface area (Å²) in [6, 6.07) is -0.193. The van der Waals surface area contributed by atoms with Gasteiger partial charge >= 0.3 is 6.42 Å². The van der Waals surface area contributed by atoms with Crippen molar-refractivity contribution in [2.24, 2.45) is 5.10 Å². The molecule has 0 aromatic rings. The van der Waals surface area contributed by atoms with Crippen molar-refractivity contribution < 1.29 is 9.42 Å². The zero-order chi connectivity index (χ0) is 9.30. The van der Waals surface area contributed by atoms with Gasteiger partial charge < -0.3 is 0 Å². The summed E-state index contributed by atoms with van der Waals surface area (Å²) in [6.45, 7) is 3.40. The van der Waals surface area contributed by atoms with Gasteiger partial charge in [-0.05, 0) is 18.9 Å². The molecule has 0 saturated heterocycles. The summed E-state index contributed by atoms with van der Waals surface area (Å²) in [6.07, 6.45) is -0.926. The van der Waals surface area contributed by atoms with Gasteiger partial charge in [-0.1, -0.05) is 0 Å². The van der Waals surface area contributed by atoms with Crippen LogP contribution < -0.4 is 0 Å². The summed E-state index contributed by atoms with van der Waals surface area (Å²) in [4.78, 5) is 10.2. The van der Waals surface area contributed by atoms with Crippen LogP contribution in [0.1, 0.15) is 13.8 Å². The fraction of sp³-hybridized carbons (Fsp3) is 0.800. The van der Waals surface area contributed by atoms with Crippen LogP contribution >= 0.6 is 0 Å². The lowest BCUT2D eigenvalue weighted by Crippen LogP contribution is -2.42. The second-order valence-corrected chi connectivity index (χ2v) is 2.63. The van der Waals surface area contributed by atoms with E-state index in [2.05, 4.69) is 5.10 Å². The van der Waals surface area contributed by atoms with Gasteiger partial charge in [-0.2, -0.15) is 9.49 Å². The van der Waals surface area contributed by atoms with Crippen LogP contribution in [-0.4, -0.2) is 33.9 Å². The first-order valence-corrected chi connectivity index (χ1v) is 3.43. The fourth-order valence-electron chi connectivity index (χ4n) is 0.843. The Kier molecular flexibility index (Phi) is 2.11. The highest BCUT2D eigenvalue weighted by atomic mass is 19.1. The molecule has 1 rings (SSSR count). The van der Waals surface area contributed by atoms with Crippen LogP contribution in [0.4, 0.5) is 4.39 Å². The van der Waals surface area contributed by atoms with Crippen LogP contribution in [0.3, 0.4) is 0 Å². The summed E-state index contributed by atoms with van der Waals surface area (Å²) in [5, 5.41) is 14.2. The Balaban J connectivity index is 2.68. The maximum absolute atomic E-state index is 13.0. The summed E-state index contributed by atoms with van der Waals surface area (Å²) < 4.78 is 13.0. The van der Waals surface area contributed by atoms with E-state index in [1.807, 2.05) is 0 Å². The van der Waals surface area contributed by atoms with Gasteiger partial charge in [-0.3, -0.25) is 0 Å². The van der Waals surface area contributed by atoms with Gasteiger partial charge in [0, 0.05) is 6.04 Å². The minimum atomic E-state index is -1.79. The molecule has 0 N–H and O–H groups in total.